The predicted octanol–water partition coefficient (Wildman–Crippen LogP) is 3.91. The maximum absolute atomic E-state index is 12.2. The van der Waals surface area contributed by atoms with Gasteiger partial charge in [0.1, 0.15) is 5.76 Å². The molecule has 0 fully saturated rings. The van der Waals surface area contributed by atoms with Gasteiger partial charge in [-0.25, -0.2) is 13.6 Å². The van der Waals surface area contributed by atoms with Crippen LogP contribution in [0, 0.1) is 12.8 Å². The highest BCUT2D eigenvalue weighted by Crippen LogP contribution is 2.37. The lowest BCUT2D eigenvalue weighted by molar-refractivity contribution is 0.418. The lowest BCUT2D eigenvalue weighted by Crippen LogP contribution is -2.22. The summed E-state index contributed by atoms with van der Waals surface area (Å²) in [6, 6.07) is 3.52. The number of hydrogen-bond donors (Lipinski definition) is 1. The number of nitrogens with two attached hydrogens (primary N) is 1. The van der Waals surface area contributed by atoms with E-state index in [0.717, 1.165) is 30.6 Å². The molecule has 1 aromatic carbocycles. The van der Waals surface area contributed by atoms with Gasteiger partial charge in [-0.3, -0.25) is 0 Å². The third kappa shape index (κ3) is 4.52. The van der Waals surface area contributed by atoms with E-state index >= 15 is 0 Å². The van der Waals surface area contributed by atoms with Gasteiger partial charge in [0.05, 0.1) is 22.4 Å². The highest BCUT2D eigenvalue weighted by atomic mass is 32.2. The van der Waals surface area contributed by atoms with Crippen molar-refractivity contribution in [1.82, 2.24) is 0 Å². The van der Waals surface area contributed by atoms with Gasteiger partial charge < -0.3 is 9.64 Å². The van der Waals surface area contributed by atoms with Crippen LogP contribution in [0.2, 0.25) is 0 Å². The number of ether oxygens (including phenoxy) is 1. The molecular formula is C19H26N2O3S. The number of sulfonamides is 1. The molecule has 0 saturated carbocycles. The van der Waals surface area contributed by atoms with Crippen LogP contribution in [0.15, 0.2) is 48.2 Å². The number of primary sulfonamides is 1. The number of unbranched alkanes of at least 4 members (excludes halogenated alkanes) is 1. The van der Waals surface area contributed by atoms with Gasteiger partial charge in [-0.05, 0) is 55.3 Å². The van der Waals surface area contributed by atoms with Crippen molar-refractivity contribution in [2.75, 3.05) is 11.4 Å². The van der Waals surface area contributed by atoms with Crippen molar-refractivity contribution < 1.29 is 13.2 Å². The predicted molar refractivity (Wildman–Crippen MR) is 102 cm³/mol. The summed E-state index contributed by atoms with van der Waals surface area (Å²) >= 11 is 0. The SMILES string of the molecule is C=CN(CCCC)c1cc(C)cc(S(N)(=O)=O)c1C1=CC(C)C=CO1. The Labute approximate surface area is 150 Å². The molecule has 1 atom stereocenters. The van der Waals surface area contributed by atoms with Crippen LogP contribution in [-0.2, 0) is 14.8 Å². The summed E-state index contributed by atoms with van der Waals surface area (Å²) in [7, 11) is -3.91. The van der Waals surface area contributed by atoms with E-state index in [1.807, 2.05) is 37.0 Å². The summed E-state index contributed by atoms with van der Waals surface area (Å²) in [5.41, 5.74) is 2.03. The van der Waals surface area contributed by atoms with Gasteiger partial charge in [0.25, 0.3) is 0 Å². The minimum atomic E-state index is -3.91. The van der Waals surface area contributed by atoms with E-state index < -0.39 is 10.0 Å². The van der Waals surface area contributed by atoms with E-state index in [4.69, 9.17) is 9.88 Å². The van der Waals surface area contributed by atoms with Crippen LogP contribution in [0.5, 0.6) is 0 Å². The quantitative estimate of drug-likeness (QED) is 0.798. The van der Waals surface area contributed by atoms with Crippen molar-refractivity contribution in [3.05, 3.63) is 54.5 Å². The lowest BCUT2D eigenvalue weighted by Gasteiger charge is -2.27. The van der Waals surface area contributed by atoms with E-state index in [1.165, 1.54) is 0 Å². The van der Waals surface area contributed by atoms with Crippen LogP contribution in [0.1, 0.15) is 37.8 Å². The van der Waals surface area contributed by atoms with Gasteiger partial charge >= 0.3 is 0 Å². The lowest BCUT2D eigenvalue weighted by atomic mass is 10.0. The van der Waals surface area contributed by atoms with Crippen LogP contribution in [0.4, 0.5) is 5.69 Å². The molecule has 6 heteroatoms. The van der Waals surface area contributed by atoms with Crippen LogP contribution < -0.4 is 10.0 Å². The fourth-order valence-electron chi connectivity index (χ4n) is 2.78. The maximum atomic E-state index is 12.2. The summed E-state index contributed by atoms with van der Waals surface area (Å²) in [5.74, 6) is 0.636. The molecule has 0 aromatic heterocycles. The summed E-state index contributed by atoms with van der Waals surface area (Å²) in [6.45, 7) is 10.6. The first-order valence-electron chi connectivity index (χ1n) is 8.40. The second-order valence-electron chi connectivity index (χ2n) is 6.27. The Kier molecular flexibility index (Phi) is 6.08. The average Bonchev–Trinajstić information content (AvgIpc) is 2.54. The molecule has 0 saturated heterocycles. The molecule has 5 nitrogen and oxygen atoms in total. The molecule has 1 aliphatic rings. The second kappa shape index (κ2) is 7.89. The molecule has 0 aliphatic carbocycles. The zero-order valence-corrected chi connectivity index (χ0v) is 15.8. The highest BCUT2D eigenvalue weighted by molar-refractivity contribution is 7.89. The van der Waals surface area contributed by atoms with E-state index in [9.17, 15) is 8.42 Å². The van der Waals surface area contributed by atoms with Crippen LogP contribution in [-0.4, -0.2) is 15.0 Å². The third-order valence-corrected chi connectivity index (χ3v) is 4.99. The maximum Gasteiger partial charge on any atom is 0.238 e. The first-order chi connectivity index (χ1) is 11.8. The zero-order valence-electron chi connectivity index (χ0n) is 15.0. The standard InChI is InChI=1S/C19H26N2O3S/c1-5-7-9-21(6-2)16-11-15(4)13-18(25(20,22)23)19(16)17-12-14(3)8-10-24-17/h6,8,10-14H,2,5,7,9H2,1,3-4H3,(H2,20,22,23). The third-order valence-electron chi connectivity index (χ3n) is 4.05. The van der Waals surface area contributed by atoms with Crippen molar-refractivity contribution in [1.29, 1.82) is 0 Å². The van der Waals surface area contributed by atoms with Crippen LogP contribution in [0.3, 0.4) is 0 Å². The number of nitrogens with zero attached hydrogens (tertiary/aromatic N) is 1. The van der Waals surface area contributed by atoms with E-state index in [1.54, 1.807) is 18.5 Å². The molecule has 2 N–H and O–H groups in total. The molecule has 1 aliphatic heterocycles. The monoisotopic (exact) mass is 362 g/mol. The van der Waals surface area contributed by atoms with Gasteiger partial charge in [-0.1, -0.05) is 26.8 Å². The molecule has 2 rings (SSSR count). The van der Waals surface area contributed by atoms with E-state index in [0.29, 0.717) is 11.3 Å². The Balaban J connectivity index is 2.73. The minimum absolute atomic E-state index is 0.0691. The van der Waals surface area contributed by atoms with E-state index in [2.05, 4.69) is 13.5 Å². The topological polar surface area (TPSA) is 72.6 Å². The molecule has 1 unspecified atom stereocenters. The smallest absolute Gasteiger partial charge is 0.238 e. The molecule has 0 radical (unpaired) electrons. The summed E-state index contributed by atoms with van der Waals surface area (Å²) in [6.07, 6.45) is 9.07. The Hall–Kier alpha value is -2.05. The zero-order chi connectivity index (χ0) is 18.6. The number of benzene rings is 1. The normalized spacial score (nSPS) is 17.0. The number of anilines is 1. The van der Waals surface area contributed by atoms with Crippen molar-refractivity contribution >= 4 is 21.5 Å². The molecule has 136 valence electrons. The summed E-state index contributed by atoms with van der Waals surface area (Å²) < 4.78 is 30.1. The fourth-order valence-corrected chi connectivity index (χ4v) is 3.62. The van der Waals surface area contributed by atoms with Crippen molar-refractivity contribution in [2.45, 2.75) is 38.5 Å². The molecule has 0 bridgehead atoms. The number of hydrogen-bond acceptors (Lipinski definition) is 4. The highest BCUT2D eigenvalue weighted by Gasteiger charge is 2.25. The molecule has 1 aromatic rings. The molecule has 25 heavy (non-hydrogen) atoms. The molecule has 0 amide bonds. The number of rotatable bonds is 7. The fraction of sp³-hybridized carbons (Fsp3) is 0.368. The van der Waals surface area contributed by atoms with Gasteiger partial charge in [-0.15, -0.1) is 0 Å². The average molecular weight is 362 g/mol. The Morgan fingerprint density at radius 2 is 2.12 bits per heavy atom. The van der Waals surface area contributed by atoms with Crippen LogP contribution in [0.25, 0.3) is 5.76 Å². The Morgan fingerprint density at radius 3 is 2.68 bits per heavy atom. The Bertz CT molecular complexity index is 810. The number of aryl methyl sites for hydroxylation is 1. The van der Waals surface area contributed by atoms with E-state index in [-0.39, 0.29) is 10.8 Å². The summed E-state index contributed by atoms with van der Waals surface area (Å²) in [4.78, 5) is 2.02. The minimum Gasteiger partial charge on any atom is -0.465 e. The Morgan fingerprint density at radius 1 is 1.40 bits per heavy atom. The summed E-state index contributed by atoms with van der Waals surface area (Å²) in [5, 5.41) is 5.51. The van der Waals surface area contributed by atoms with Gasteiger partial charge in [0.2, 0.25) is 10.0 Å². The second-order valence-corrected chi connectivity index (χ2v) is 7.80. The first-order valence-corrected chi connectivity index (χ1v) is 9.94. The van der Waals surface area contributed by atoms with Gasteiger partial charge in [0.15, 0.2) is 0 Å². The van der Waals surface area contributed by atoms with Crippen molar-refractivity contribution in [3.8, 4) is 0 Å². The van der Waals surface area contributed by atoms with Crippen molar-refractivity contribution in [2.24, 2.45) is 11.1 Å². The molecule has 0 spiro atoms. The van der Waals surface area contributed by atoms with Crippen molar-refractivity contribution in [3.63, 3.8) is 0 Å². The van der Waals surface area contributed by atoms with Crippen LogP contribution >= 0.6 is 0 Å². The number of allylic oxidation sites excluding steroid dienone is 2. The largest absolute Gasteiger partial charge is 0.465 e. The first kappa shape index (κ1) is 19.3. The van der Waals surface area contributed by atoms with Gasteiger partial charge in [0, 0.05) is 6.54 Å². The molecular weight excluding hydrogens is 336 g/mol. The molecule has 1 heterocycles. The van der Waals surface area contributed by atoms with Gasteiger partial charge in [-0.2, -0.15) is 0 Å².